The van der Waals surface area contributed by atoms with Gasteiger partial charge in [0.1, 0.15) is 0 Å². The zero-order valence-electron chi connectivity index (χ0n) is 5.64. The summed E-state index contributed by atoms with van der Waals surface area (Å²) in [6.07, 6.45) is 1.12. The first-order valence-electron chi connectivity index (χ1n) is 2.71. The molecule has 0 radical (unpaired) electrons. The van der Waals surface area contributed by atoms with Gasteiger partial charge in [-0.25, -0.2) is 0 Å². The van der Waals surface area contributed by atoms with Crippen molar-refractivity contribution in [3.63, 3.8) is 0 Å². The molecule has 11 heavy (non-hydrogen) atoms. The van der Waals surface area contributed by atoms with E-state index in [9.17, 15) is 13.2 Å². The summed E-state index contributed by atoms with van der Waals surface area (Å²) in [5.41, 5.74) is 0. The van der Waals surface area contributed by atoms with E-state index >= 15 is 0 Å². The van der Waals surface area contributed by atoms with E-state index in [1.165, 1.54) is 6.92 Å². The van der Waals surface area contributed by atoms with Crippen molar-refractivity contribution in [1.82, 2.24) is 0 Å². The van der Waals surface area contributed by atoms with Gasteiger partial charge in [-0.15, -0.1) is 4.40 Å². The number of carbonyl (C=O) groups excluding carboxylic acids is 1. The molecule has 6 heteroatoms. The standard InChI is InChI=1S/C5H5NO4S/c1-4(7)10-5-2-3-11(8,9)6-5/h2-3H,1H3. The number of ether oxygens (including phenoxy) is 1. The Morgan fingerprint density at radius 1 is 1.64 bits per heavy atom. The molecule has 0 bridgehead atoms. The fourth-order valence-electron chi connectivity index (χ4n) is 0.530. The molecule has 0 saturated carbocycles. The molecule has 0 aromatic heterocycles. The quantitative estimate of drug-likeness (QED) is 0.478. The highest BCUT2D eigenvalue weighted by Crippen LogP contribution is 2.05. The van der Waals surface area contributed by atoms with E-state index in [2.05, 4.69) is 9.13 Å². The Morgan fingerprint density at radius 3 is 2.64 bits per heavy atom. The highest BCUT2D eigenvalue weighted by molar-refractivity contribution is 7.93. The Labute approximate surface area is 63.4 Å². The molecule has 0 atom stereocenters. The van der Waals surface area contributed by atoms with Crippen LogP contribution in [0.4, 0.5) is 0 Å². The van der Waals surface area contributed by atoms with E-state index < -0.39 is 16.0 Å². The van der Waals surface area contributed by atoms with Gasteiger partial charge in [-0.3, -0.25) is 4.79 Å². The predicted molar refractivity (Wildman–Crippen MR) is 37.3 cm³/mol. The van der Waals surface area contributed by atoms with Gasteiger partial charge in [-0.2, -0.15) is 8.42 Å². The molecule has 0 amide bonds. The third kappa shape index (κ3) is 2.15. The van der Waals surface area contributed by atoms with E-state index in [4.69, 9.17) is 0 Å². The largest absolute Gasteiger partial charge is 0.407 e. The predicted octanol–water partition coefficient (Wildman–Crippen LogP) is -0.195. The molecule has 0 N–H and O–H groups in total. The van der Waals surface area contributed by atoms with E-state index in [0.717, 1.165) is 11.5 Å². The van der Waals surface area contributed by atoms with Crippen molar-refractivity contribution in [1.29, 1.82) is 0 Å². The summed E-state index contributed by atoms with van der Waals surface area (Å²) in [6.45, 7) is 1.17. The lowest BCUT2D eigenvalue weighted by atomic mass is 10.6. The second-order valence-electron chi connectivity index (χ2n) is 1.84. The maximum atomic E-state index is 10.6. The maximum absolute atomic E-state index is 10.6. The fraction of sp³-hybridized carbons (Fsp3) is 0.200. The van der Waals surface area contributed by atoms with Gasteiger partial charge in [0.05, 0.1) is 5.41 Å². The molecule has 0 unspecified atom stereocenters. The molecule has 0 aromatic rings. The first-order chi connectivity index (χ1) is 4.99. The molecule has 1 rings (SSSR count). The van der Waals surface area contributed by atoms with Crippen LogP contribution in [0, 0.1) is 0 Å². The number of hydrogen-bond donors (Lipinski definition) is 0. The van der Waals surface area contributed by atoms with Crippen molar-refractivity contribution in [2.75, 3.05) is 0 Å². The Morgan fingerprint density at radius 2 is 2.27 bits per heavy atom. The van der Waals surface area contributed by atoms with Crippen LogP contribution in [-0.2, 0) is 19.6 Å². The molecular formula is C5H5NO4S. The van der Waals surface area contributed by atoms with Crippen molar-refractivity contribution in [3.05, 3.63) is 11.5 Å². The Hall–Kier alpha value is -1.17. The van der Waals surface area contributed by atoms with Crippen molar-refractivity contribution in [2.24, 2.45) is 4.40 Å². The molecule has 0 saturated heterocycles. The summed E-state index contributed by atoms with van der Waals surface area (Å²) >= 11 is 0. The monoisotopic (exact) mass is 175 g/mol. The van der Waals surface area contributed by atoms with Crippen LogP contribution in [0.3, 0.4) is 0 Å². The molecule has 0 aromatic carbocycles. The zero-order valence-corrected chi connectivity index (χ0v) is 6.46. The molecular weight excluding hydrogens is 170 g/mol. The van der Waals surface area contributed by atoms with Gasteiger partial charge < -0.3 is 4.74 Å². The number of carbonyl (C=O) groups is 1. The SMILES string of the molecule is CC(=O)OC1=NS(=O)(=O)C=C1. The van der Waals surface area contributed by atoms with Gasteiger partial charge >= 0.3 is 5.97 Å². The van der Waals surface area contributed by atoms with Crippen LogP contribution in [0.1, 0.15) is 6.92 Å². The molecule has 1 aliphatic heterocycles. The molecule has 0 spiro atoms. The summed E-state index contributed by atoms with van der Waals surface area (Å²) < 4.78 is 28.6. The van der Waals surface area contributed by atoms with Gasteiger partial charge in [-0.05, 0) is 0 Å². The molecule has 1 heterocycles. The molecule has 60 valence electrons. The third-order valence-corrected chi connectivity index (χ3v) is 1.76. The van der Waals surface area contributed by atoms with Crippen molar-refractivity contribution >= 4 is 21.9 Å². The topological polar surface area (TPSA) is 72.8 Å². The van der Waals surface area contributed by atoms with Gasteiger partial charge in [0, 0.05) is 13.0 Å². The smallest absolute Gasteiger partial charge is 0.309 e. The van der Waals surface area contributed by atoms with Gasteiger partial charge in [-0.1, -0.05) is 0 Å². The highest BCUT2D eigenvalue weighted by atomic mass is 32.2. The molecule has 0 fully saturated rings. The van der Waals surface area contributed by atoms with Crippen LogP contribution in [0.25, 0.3) is 0 Å². The zero-order chi connectivity index (χ0) is 8.48. The summed E-state index contributed by atoms with van der Waals surface area (Å²) in [5, 5.41) is 0.866. The number of sulfonamides is 1. The number of hydrogen-bond acceptors (Lipinski definition) is 4. The van der Waals surface area contributed by atoms with Crippen LogP contribution in [0.15, 0.2) is 15.9 Å². The number of rotatable bonds is 0. The average Bonchev–Trinajstić information content (AvgIpc) is 2.08. The Kier molecular flexibility index (Phi) is 1.77. The lowest BCUT2D eigenvalue weighted by Gasteiger charge is -1.92. The van der Waals surface area contributed by atoms with Crippen molar-refractivity contribution in [2.45, 2.75) is 6.92 Å². The Balaban J connectivity index is 2.81. The highest BCUT2D eigenvalue weighted by Gasteiger charge is 2.14. The summed E-state index contributed by atoms with van der Waals surface area (Å²) in [4.78, 5) is 10.3. The van der Waals surface area contributed by atoms with Gasteiger partial charge in [0.25, 0.3) is 10.0 Å². The minimum atomic E-state index is -3.51. The average molecular weight is 175 g/mol. The van der Waals surface area contributed by atoms with Crippen molar-refractivity contribution in [3.8, 4) is 0 Å². The van der Waals surface area contributed by atoms with Gasteiger partial charge in [0.2, 0.25) is 5.90 Å². The van der Waals surface area contributed by atoms with Crippen LogP contribution < -0.4 is 0 Å². The summed E-state index contributed by atoms with van der Waals surface area (Å²) in [5.74, 6) is -0.775. The minimum absolute atomic E-state index is 0.183. The summed E-state index contributed by atoms with van der Waals surface area (Å²) in [6, 6.07) is 0. The van der Waals surface area contributed by atoms with E-state index in [0.29, 0.717) is 0 Å². The normalized spacial score (nSPS) is 19.5. The molecule has 5 nitrogen and oxygen atoms in total. The second kappa shape index (κ2) is 2.46. The van der Waals surface area contributed by atoms with Crippen molar-refractivity contribution < 1.29 is 17.9 Å². The Bertz CT molecular complexity index is 337. The number of esters is 1. The van der Waals surface area contributed by atoms with Gasteiger partial charge in [0.15, 0.2) is 0 Å². The summed E-state index contributed by atoms with van der Waals surface area (Å²) in [7, 11) is -3.51. The lowest BCUT2D eigenvalue weighted by Crippen LogP contribution is -2.04. The van der Waals surface area contributed by atoms with Crippen LogP contribution in [-0.4, -0.2) is 20.3 Å². The van der Waals surface area contributed by atoms with Crippen LogP contribution >= 0.6 is 0 Å². The second-order valence-corrected chi connectivity index (χ2v) is 3.33. The molecule has 0 aliphatic carbocycles. The van der Waals surface area contributed by atoms with Crippen LogP contribution in [0.5, 0.6) is 0 Å². The van der Waals surface area contributed by atoms with E-state index in [1.54, 1.807) is 0 Å². The first-order valence-corrected chi connectivity index (χ1v) is 4.21. The first kappa shape index (κ1) is 7.93. The van der Waals surface area contributed by atoms with E-state index in [-0.39, 0.29) is 5.90 Å². The number of nitrogens with zero attached hydrogens (tertiary/aromatic N) is 1. The van der Waals surface area contributed by atoms with E-state index in [1.807, 2.05) is 0 Å². The fourth-order valence-corrected chi connectivity index (χ4v) is 1.23. The lowest BCUT2D eigenvalue weighted by molar-refractivity contribution is -0.132. The third-order valence-electron chi connectivity index (χ3n) is 0.848. The minimum Gasteiger partial charge on any atom is -0.407 e. The molecule has 1 aliphatic rings. The maximum Gasteiger partial charge on any atom is 0.309 e. The van der Waals surface area contributed by atoms with Crippen LogP contribution in [0.2, 0.25) is 0 Å².